The minimum Gasteiger partial charge on any atom is -0.381 e. The summed E-state index contributed by atoms with van der Waals surface area (Å²) in [4.78, 5) is 21.3. The third kappa shape index (κ3) is 4.30. The van der Waals surface area contributed by atoms with Crippen LogP contribution in [0.15, 0.2) is 24.5 Å². The van der Waals surface area contributed by atoms with Crippen molar-refractivity contribution in [3.8, 4) is 0 Å². The monoisotopic (exact) mass is 317 g/mol. The minimum atomic E-state index is 0.261. The Labute approximate surface area is 138 Å². The summed E-state index contributed by atoms with van der Waals surface area (Å²) in [6.07, 6.45) is 6.64. The van der Waals surface area contributed by atoms with E-state index in [1.807, 2.05) is 25.4 Å². The average Bonchev–Trinajstić information content (AvgIpc) is 2.86. The SMILES string of the molecule is CCOCCC(=O)N1C[C@H]2CC[C@@H]1CN(Cc1cccnc1)C2. The van der Waals surface area contributed by atoms with Crippen LogP contribution in [0.1, 0.15) is 31.7 Å². The molecule has 0 spiro atoms. The molecule has 126 valence electrons. The van der Waals surface area contributed by atoms with Gasteiger partial charge < -0.3 is 9.64 Å². The first-order chi connectivity index (χ1) is 11.3. The number of nitrogens with zero attached hydrogens (tertiary/aromatic N) is 3. The van der Waals surface area contributed by atoms with E-state index in [0.717, 1.165) is 32.6 Å². The van der Waals surface area contributed by atoms with Crippen LogP contribution in [0.5, 0.6) is 0 Å². The van der Waals surface area contributed by atoms with Crippen molar-refractivity contribution in [1.82, 2.24) is 14.8 Å². The zero-order chi connectivity index (χ0) is 16.1. The zero-order valence-corrected chi connectivity index (χ0v) is 14.0. The number of hydrogen-bond acceptors (Lipinski definition) is 4. The van der Waals surface area contributed by atoms with Gasteiger partial charge in [0.15, 0.2) is 0 Å². The molecule has 0 aromatic carbocycles. The number of pyridine rings is 1. The highest BCUT2D eigenvalue weighted by atomic mass is 16.5. The van der Waals surface area contributed by atoms with Gasteiger partial charge in [0.1, 0.15) is 0 Å². The Morgan fingerprint density at radius 2 is 2.26 bits per heavy atom. The van der Waals surface area contributed by atoms with Gasteiger partial charge in [0.05, 0.1) is 13.0 Å². The van der Waals surface area contributed by atoms with E-state index in [0.29, 0.717) is 31.6 Å². The number of hydrogen-bond donors (Lipinski definition) is 0. The smallest absolute Gasteiger partial charge is 0.225 e. The van der Waals surface area contributed by atoms with Crippen molar-refractivity contribution < 1.29 is 9.53 Å². The Morgan fingerprint density at radius 1 is 1.35 bits per heavy atom. The molecule has 3 aliphatic rings. The van der Waals surface area contributed by atoms with Crippen molar-refractivity contribution in [2.24, 2.45) is 5.92 Å². The van der Waals surface area contributed by atoms with Gasteiger partial charge in [0.2, 0.25) is 5.91 Å². The maximum absolute atomic E-state index is 12.5. The lowest BCUT2D eigenvalue weighted by Crippen LogP contribution is -2.47. The second-order valence-corrected chi connectivity index (χ2v) is 6.65. The first kappa shape index (κ1) is 16.4. The summed E-state index contributed by atoms with van der Waals surface area (Å²) in [5, 5.41) is 0. The molecule has 1 amide bonds. The molecule has 3 saturated heterocycles. The van der Waals surface area contributed by atoms with Crippen LogP contribution in [0.4, 0.5) is 0 Å². The van der Waals surface area contributed by atoms with Gasteiger partial charge in [-0.3, -0.25) is 14.7 Å². The van der Waals surface area contributed by atoms with Crippen LogP contribution >= 0.6 is 0 Å². The molecular formula is C18H27N3O2. The average molecular weight is 317 g/mol. The summed E-state index contributed by atoms with van der Waals surface area (Å²) in [5.74, 6) is 0.859. The molecular weight excluding hydrogens is 290 g/mol. The minimum absolute atomic E-state index is 0.261. The number of piperidine rings is 1. The molecule has 3 fully saturated rings. The van der Waals surface area contributed by atoms with Crippen molar-refractivity contribution >= 4 is 5.91 Å². The quantitative estimate of drug-likeness (QED) is 0.752. The standard InChI is InChI=1S/C18H27N3O2/c1-2-23-9-7-18(22)21-13-16-5-6-17(21)14-20(12-16)11-15-4-3-8-19-10-15/h3-4,8,10,16-17H,2,5-7,9,11-14H2,1H3/t16-,17+/m0/s1. The Bertz CT molecular complexity index is 508. The Balaban J connectivity index is 1.60. The maximum atomic E-state index is 12.5. The second kappa shape index (κ2) is 7.88. The lowest BCUT2D eigenvalue weighted by atomic mass is 9.95. The van der Waals surface area contributed by atoms with Crippen LogP contribution < -0.4 is 0 Å². The van der Waals surface area contributed by atoms with Gasteiger partial charge in [-0.1, -0.05) is 6.07 Å². The molecule has 0 N–H and O–H groups in total. The summed E-state index contributed by atoms with van der Waals surface area (Å²) >= 11 is 0. The van der Waals surface area contributed by atoms with Gasteiger partial charge in [0.25, 0.3) is 0 Å². The molecule has 23 heavy (non-hydrogen) atoms. The van der Waals surface area contributed by atoms with E-state index in [2.05, 4.69) is 20.9 Å². The molecule has 0 saturated carbocycles. The van der Waals surface area contributed by atoms with Crippen LogP contribution in [0.25, 0.3) is 0 Å². The summed E-state index contributed by atoms with van der Waals surface area (Å²) in [6.45, 7) is 7.10. The first-order valence-corrected chi connectivity index (χ1v) is 8.74. The molecule has 3 aliphatic heterocycles. The van der Waals surface area contributed by atoms with E-state index in [4.69, 9.17) is 4.74 Å². The lowest BCUT2D eigenvalue weighted by molar-refractivity contribution is -0.136. The van der Waals surface area contributed by atoms with Gasteiger partial charge in [-0.05, 0) is 37.3 Å². The van der Waals surface area contributed by atoms with Gasteiger partial charge in [-0.15, -0.1) is 0 Å². The van der Waals surface area contributed by atoms with Crippen LogP contribution in [-0.2, 0) is 16.1 Å². The van der Waals surface area contributed by atoms with Crippen molar-refractivity contribution in [2.75, 3.05) is 32.8 Å². The Hall–Kier alpha value is -1.46. The maximum Gasteiger partial charge on any atom is 0.225 e. The molecule has 0 radical (unpaired) electrons. The lowest BCUT2D eigenvalue weighted by Gasteiger charge is -2.36. The summed E-state index contributed by atoms with van der Waals surface area (Å²) in [6, 6.07) is 4.48. The van der Waals surface area contributed by atoms with E-state index in [1.54, 1.807) is 0 Å². The third-order valence-electron chi connectivity index (χ3n) is 4.90. The normalized spacial score (nSPS) is 24.7. The largest absolute Gasteiger partial charge is 0.381 e. The number of ether oxygens (including phenoxy) is 1. The predicted octanol–water partition coefficient (Wildman–Crippen LogP) is 1.93. The number of amides is 1. The molecule has 5 nitrogen and oxygen atoms in total. The van der Waals surface area contributed by atoms with Crippen LogP contribution in [0, 0.1) is 5.92 Å². The Morgan fingerprint density at radius 3 is 3.04 bits per heavy atom. The molecule has 0 aliphatic carbocycles. The van der Waals surface area contributed by atoms with E-state index < -0.39 is 0 Å². The van der Waals surface area contributed by atoms with Gasteiger partial charge >= 0.3 is 0 Å². The number of aromatic nitrogens is 1. The highest BCUT2D eigenvalue weighted by Gasteiger charge is 2.36. The van der Waals surface area contributed by atoms with Crippen molar-refractivity contribution in [2.45, 2.75) is 38.8 Å². The fourth-order valence-corrected chi connectivity index (χ4v) is 3.81. The summed E-state index contributed by atoms with van der Waals surface area (Å²) in [7, 11) is 0. The van der Waals surface area contributed by atoms with Crippen LogP contribution in [0.3, 0.4) is 0 Å². The number of carbonyl (C=O) groups excluding carboxylic acids is 1. The fourth-order valence-electron chi connectivity index (χ4n) is 3.81. The molecule has 4 heterocycles. The van der Waals surface area contributed by atoms with Crippen LogP contribution in [0.2, 0.25) is 0 Å². The zero-order valence-electron chi connectivity index (χ0n) is 14.0. The molecule has 4 rings (SSSR count). The van der Waals surface area contributed by atoms with E-state index in [-0.39, 0.29) is 5.91 Å². The first-order valence-electron chi connectivity index (χ1n) is 8.74. The Kier molecular flexibility index (Phi) is 5.62. The van der Waals surface area contributed by atoms with E-state index in [1.165, 1.54) is 12.0 Å². The predicted molar refractivity (Wildman–Crippen MR) is 88.8 cm³/mol. The molecule has 2 atom stereocenters. The molecule has 5 heteroatoms. The topological polar surface area (TPSA) is 45.7 Å². The van der Waals surface area contributed by atoms with Crippen LogP contribution in [-0.4, -0.2) is 59.6 Å². The summed E-state index contributed by atoms with van der Waals surface area (Å²) < 4.78 is 5.34. The third-order valence-corrected chi connectivity index (χ3v) is 4.90. The van der Waals surface area contributed by atoms with Crippen molar-refractivity contribution in [3.05, 3.63) is 30.1 Å². The highest BCUT2D eigenvalue weighted by molar-refractivity contribution is 5.76. The molecule has 2 bridgehead atoms. The number of rotatable bonds is 6. The fraction of sp³-hybridized carbons (Fsp3) is 0.667. The molecule has 0 unspecified atom stereocenters. The van der Waals surface area contributed by atoms with Crippen molar-refractivity contribution in [1.29, 1.82) is 0 Å². The van der Waals surface area contributed by atoms with Crippen molar-refractivity contribution in [3.63, 3.8) is 0 Å². The van der Waals surface area contributed by atoms with E-state index >= 15 is 0 Å². The van der Waals surface area contributed by atoms with Gasteiger partial charge in [-0.2, -0.15) is 0 Å². The summed E-state index contributed by atoms with van der Waals surface area (Å²) in [5.41, 5.74) is 1.25. The number of carbonyl (C=O) groups is 1. The van der Waals surface area contributed by atoms with Gasteiger partial charge in [-0.25, -0.2) is 0 Å². The second-order valence-electron chi connectivity index (χ2n) is 6.65. The van der Waals surface area contributed by atoms with E-state index in [9.17, 15) is 4.79 Å². The number of fused-ring (bicyclic) bond motifs is 4. The molecule has 1 aromatic rings. The molecule has 1 aromatic heterocycles. The highest BCUT2D eigenvalue weighted by Crippen LogP contribution is 2.29. The van der Waals surface area contributed by atoms with Gasteiger partial charge in [0, 0.05) is 51.2 Å².